The number of nitrogens with zero attached hydrogens (tertiary/aromatic N) is 3. The summed E-state index contributed by atoms with van der Waals surface area (Å²) in [4.78, 5) is 10.6. The van der Waals surface area contributed by atoms with Crippen molar-refractivity contribution < 1.29 is 0 Å². The molecule has 3 aromatic rings. The third-order valence-corrected chi connectivity index (χ3v) is 4.65. The van der Waals surface area contributed by atoms with Crippen LogP contribution in [0.1, 0.15) is 35.8 Å². The molecule has 0 spiro atoms. The molecule has 20 heavy (non-hydrogen) atoms. The van der Waals surface area contributed by atoms with Crippen molar-refractivity contribution in [3.8, 4) is 0 Å². The number of aryl methyl sites for hydroxylation is 1. The van der Waals surface area contributed by atoms with Crippen LogP contribution in [0.25, 0.3) is 11.2 Å². The molecular weight excluding hydrogens is 290 g/mol. The van der Waals surface area contributed by atoms with Crippen LogP contribution in [0.2, 0.25) is 0 Å². The molecule has 3 aromatic heterocycles. The van der Waals surface area contributed by atoms with Gasteiger partial charge in [-0.2, -0.15) is 0 Å². The van der Waals surface area contributed by atoms with Crippen molar-refractivity contribution in [2.45, 2.75) is 32.2 Å². The van der Waals surface area contributed by atoms with Gasteiger partial charge in [-0.3, -0.25) is 0 Å². The monoisotopic (exact) mass is 305 g/mol. The Bertz CT molecular complexity index is 718. The third kappa shape index (κ3) is 2.23. The van der Waals surface area contributed by atoms with Gasteiger partial charge in [-0.25, -0.2) is 9.97 Å². The van der Waals surface area contributed by atoms with Crippen molar-refractivity contribution >= 4 is 34.1 Å². The van der Waals surface area contributed by atoms with Crippen LogP contribution in [0.3, 0.4) is 0 Å². The molecule has 104 valence electrons. The predicted octanol–water partition coefficient (Wildman–Crippen LogP) is 4.54. The number of hydrogen-bond donors (Lipinski definition) is 0. The molecule has 0 radical (unpaired) electrons. The van der Waals surface area contributed by atoms with Crippen molar-refractivity contribution in [3.05, 3.63) is 46.0 Å². The van der Waals surface area contributed by atoms with Gasteiger partial charge >= 0.3 is 0 Å². The van der Waals surface area contributed by atoms with Gasteiger partial charge in [0.15, 0.2) is 5.65 Å². The maximum atomic E-state index is 6.10. The van der Waals surface area contributed by atoms with E-state index in [1.54, 1.807) is 11.3 Å². The van der Waals surface area contributed by atoms with Crippen LogP contribution in [0.5, 0.6) is 0 Å². The van der Waals surface area contributed by atoms with Crippen LogP contribution in [-0.2, 0) is 5.88 Å². The first-order valence-electron chi connectivity index (χ1n) is 6.68. The van der Waals surface area contributed by atoms with Crippen molar-refractivity contribution in [2.75, 3.05) is 0 Å². The molecule has 1 unspecified atom stereocenters. The average molecular weight is 306 g/mol. The molecular formula is C15H16ClN3S. The van der Waals surface area contributed by atoms with Crippen molar-refractivity contribution in [1.29, 1.82) is 0 Å². The maximum Gasteiger partial charge on any atom is 0.160 e. The van der Waals surface area contributed by atoms with Gasteiger partial charge in [0.1, 0.15) is 11.3 Å². The molecule has 0 aliphatic heterocycles. The van der Waals surface area contributed by atoms with Crippen LogP contribution in [0.4, 0.5) is 0 Å². The largest absolute Gasteiger partial charge is 0.303 e. The van der Waals surface area contributed by atoms with Gasteiger partial charge in [-0.1, -0.05) is 13.0 Å². The molecule has 3 rings (SSSR count). The Labute approximate surface area is 127 Å². The Morgan fingerprint density at radius 1 is 1.30 bits per heavy atom. The maximum absolute atomic E-state index is 6.10. The second-order valence-corrected chi connectivity index (χ2v) is 6.01. The second-order valence-electron chi connectivity index (χ2n) is 4.77. The highest BCUT2D eigenvalue weighted by Crippen LogP contribution is 2.31. The lowest BCUT2D eigenvalue weighted by atomic mass is 10.2. The topological polar surface area (TPSA) is 30.7 Å². The molecule has 0 fully saturated rings. The number of alkyl halides is 1. The molecule has 3 nitrogen and oxygen atoms in total. The van der Waals surface area contributed by atoms with E-state index in [9.17, 15) is 0 Å². The minimum Gasteiger partial charge on any atom is -0.303 e. The molecule has 0 saturated heterocycles. The summed E-state index contributed by atoms with van der Waals surface area (Å²) in [6.07, 6.45) is 0.992. The van der Waals surface area contributed by atoms with Crippen molar-refractivity contribution in [2.24, 2.45) is 0 Å². The summed E-state index contributed by atoms with van der Waals surface area (Å²) in [5.41, 5.74) is 2.85. The first-order valence-corrected chi connectivity index (χ1v) is 8.09. The van der Waals surface area contributed by atoms with Crippen LogP contribution in [0.15, 0.2) is 29.6 Å². The van der Waals surface area contributed by atoms with Crippen molar-refractivity contribution in [3.63, 3.8) is 0 Å². The SMILES string of the molecule is CCC(c1cccs1)n1c(CCl)nc2ccc(C)nc21. The molecule has 0 aliphatic rings. The second kappa shape index (κ2) is 5.54. The zero-order valence-corrected chi connectivity index (χ0v) is 13.1. The fourth-order valence-corrected chi connectivity index (χ4v) is 3.62. The van der Waals surface area contributed by atoms with E-state index < -0.39 is 0 Å². The van der Waals surface area contributed by atoms with E-state index in [0.717, 1.165) is 29.1 Å². The number of fused-ring (bicyclic) bond motifs is 1. The van der Waals surface area contributed by atoms with E-state index in [4.69, 9.17) is 11.6 Å². The number of thiophene rings is 1. The lowest BCUT2D eigenvalue weighted by Crippen LogP contribution is -2.12. The van der Waals surface area contributed by atoms with E-state index >= 15 is 0 Å². The molecule has 0 amide bonds. The summed E-state index contributed by atoms with van der Waals surface area (Å²) in [6, 6.07) is 8.51. The molecule has 0 aliphatic carbocycles. The molecule has 1 atom stereocenters. The number of halogens is 1. The number of rotatable bonds is 4. The van der Waals surface area contributed by atoms with Crippen LogP contribution in [-0.4, -0.2) is 14.5 Å². The first kappa shape index (κ1) is 13.6. The van der Waals surface area contributed by atoms with E-state index in [0.29, 0.717) is 5.88 Å². The lowest BCUT2D eigenvalue weighted by molar-refractivity contribution is 0.570. The zero-order chi connectivity index (χ0) is 14.1. The van der Waals surface area contributed by atoms with Gasteiger partial charge in [0.25, 0.3) is 0 Å². The smallest absolute Gasteiger partial charge is 0.160 e. The Balaban J connectivity index is 2.24. The summed E-state index contributed by atoms with van der Waals surface area (Å²) in [5.74, 6) is 1.29. The van der Waals surface area contributed by atoms with Crippen molar-refractivity contribution in [1.82, 2.24) is 14.5 Å². The highest BCUT2D eigenvalue weighted by Gasteiger charge is 2.20. The lowest BCUT2D eigenvalue weighted by Gasteiger charge is -2.18. The van der Waals surface area contributed by atoms with Gasteiger partial charge in [0.05, 0.1) is 11.9 Å². The average Bonchev–Trinajstić information content (AvgIpc) is 3.08. The minimum atomic E-state index is 0.253. The number of imidazole rings is 1. The highest BCUT2D eigenvalue weighted by atomic mass is 35.5. The molecule has 0 N–H and O–H groups in total. The van der Waals surface area contributed by atoms with Crippen LogP contribution < -0.4 is 0 Å². The van der Waals surface area contributed by atoms with Gasteiger partial charge in [0, 0.05) is 10.6 Å². The standard InChI is InChI=1S/C15H16ClN3S/c1-3-12(13-5-4-8-20-13)19-14(9-16)18-11-7-6-10(2)17-15(11)19/h4-8,12H,3,9H2,1-2H3. The Morgan fingerprint density at radius 3 is 2.80 bits per heavy atom. The fourth-order valence-electron chi connectivity index (χ4n) is 2.53. The predicted molar refractivity (Wildman–Crippen MR) is 84.6 cm³/mol. The van der Waals surface area contributed by atoms with Gasteiger partial charge in [-0.05, 0) is 36.9 Å². The number of pyridine rings is 1. The normalized spacial score (nSPS) is 12.9. The number of hydrogen-bond acceptors (Lipinski definition) is 3. The highest BCUT2D eigenvalue weighted by molar-refractivity contribution is 7.10. The van der Waals surface area contributed by atoms with Gasteiger partial charge < -0.3 is 4.57 Å². The Hall–Kier alpha value is -1.39. The number of aromatic nitrogens is 3. The molecule has 0 saturated carbocycles. The van der Waals surface area contributed by atoms with Gasteiger partial charge in [0.2, 0.25) is 0 Å². The third-order valence-electron chi connectivity index (χ3n) is 3.44. The zero-order valence-electron chi connectivity index (χ0n) is 11.5. The first-order chi connectivity index (χ1) is 9.74. The van der Waals surface area contributed by atoms with E-state index in [-0.39, 0.29) is 6.04 Å². The van der Waals surface area contributed by atoms with E-state index in [2.05, 4.69) is 39.0 Å². The van der Waals surface area contributed by atoms with Gasteiger partial charge in [-0.15, -0.1) is 22.9 Å². The molecule has 0 aromatic carbocycles. The molecule has 3 heterocycles. The van der Waals surface area contributed by atoms with Crippen LogP contribution in [0, 0.1) is 6.92 Å². The Morgan fingerprint density at radius 2 is 2.15 bits per heavy atom. The molecule has 0 bridgehead atoms. The summed E-state index contributed by atoms with van der Waals surface area (Å²) < 4.78 is 2.20. The van der Waals surface area contributed by atoms with E-state index in [1.807, 2.05) is 19.1 Å². The minimum absolute atomic E-state index is 0.253. The Kier molecular flexibility index (Phi) is 3.76. The fraction of sp³-hybridized carbons (Fsp3) is 0.333. The summed E-state index contributed by atoms with van der Waals surface area (Å²) in [6.45, 7) is 4.19. The summed E-state index contributed by atoms with van der Waals surface area (Å²) in [7, 11) is 0. The van der Waals surface area contributed by atoms with Crippen LogP contribution >= 0.6 is 22.9 Å². The summed E-state index contributed by atoms with van der Waals surface area (Å²) >= 11 is 7.86. The van der Waals surface area contributed by atoms with E-state index in [1.165, 1.54) is 4.88 Å². The summed E-state index contributed by atoms with van der Waals surface area (Å²) in [5, 5.41) is 2.11. The quantitative estimate of drug-likeness (QED) is 0.663. The molecule has 5 heteroatoms.